The first-order chi connectivity index (χ1) is 7.58. The Labute approximate surface area is 96.8 Å². The summed E-state index contributed by atoms with van der Waals surface area (Å²) in [6, 6.07) is 5.67. The zero-order valence-electron chi connectivity index (χ0n) is 10.3. The minimum atomic E-state index is -0.0485. The molecule has 0 fully saturated rings. The molecule has 0 heterocycles. The molecule has 1 aromatic carbocycles. The van der Waals surface area contributed by atoms with E-state index in [2.05, 4.69) is 5.32 Å². The number of carbonyl (C=O) groups is 1. The minimum Gasteiger partial charge on any atom is -0.496 e. The molecule has 1 rings (SSSR count). The normalized spacial score (nSPS) is 12.0. The summed E-state index contributed by atoms with van der Waals surface area (Å²) in [7, 11) is 1.61. The summed E-state index contributed by atoms with van der Waals surface area (Å²) >= 11 is 0. The maximum atomic E-state index is 11.8. The quantitative estimate of drug-likeness (QED) is 0.848. The van der Waals surface area contributed by atoms with Crippen LogP contribution < -0.4 is 10.1 Å². The fourth-order valence-corrected chi connectivity index (χ4v) is 1.37. The number of benzene rings is 1. The number of methoxy groups -OCH3 is 1. The van der Waals surface area contributed by atoms with Crippen molar-refractivity contribution in [3.63, 3.8) is 0 Å². The zero-order chi connectivity index (χ0) is 12.1. The van der Waals surface area contributed by atoms with Crippen molar-refractivity contribution in [2.75, 3.05) is 7.11 Å². The number of hydrogen-bond donors (Lipinski definition) is 1. The van der Waals surface area contributed by atoms with Crippen molar-refractivity contribution >= 4 is 5.91 Å². The van der Waals surface area contributed by atoms with Gasteiger partial charge in [-0.05, 0) is 38.0 Å². The second kappa shape index (κ2) is 5.54. The number of aryl methyl sites for hydroxylation is 1. The molecule has 16 heavy (non-hydrogen) atoms. The topological polar surface area (TPSA) is 38.3 Å². The van der Waals surface area contributed by atoms with E-state index in [0.29, 0.717) is 5.56 Å². The van der Waals surface area contributed by atoms with Crippen LogP contribution in [0.25, 0.3) is 0 Å². The van der Waals surface area contributed by atoms with E-state index in [1.165, 1.54) is 0 Å². The Morgan fingerprint density at radius 1 is 1.50 bits per heavy atom. The van der Waals surface area contributed by atoms with Crippen molar-refractivity contribution in [1.29, 1.82) is 0 Å². The van der Waals surface area contributed by atoms with Gasteiger partial charge in [-0.2, -0.15) is 0 Å². The van der Waals surface area contributed by atoms with Gasteiger partial charge >= 0.3 is 0 Å². The van der Waals surface area contributed by atoms with Gasteiger partial charge in [0.1, 0.15) is 5.75 Å². The van der Waals surface area contributed by atoms with Crippen molar-refractivity contribution in [1.82, 2.24) is 5.32 Å². The van der Waals surface area contributed by atoms with Crippen LogP contribution in [0.1, 0.15) is 36.2 Å². The van der Waals surface area contributed by atoms with Crippen LogP contribution in [0.15, 0.2) is 18.2 Å². The van der Waals surface area contributed by atoms with E-state index in [1.54, 1.807) is 13.2 Å². The summed E-state index contributed by atoms with van der Waals surface area (Å²) < 4.78 is 5.19. The second-order valence-electron chi connectivity index (χ2n) is 3.97. The van der Waals surface area contributed by atoms with Gasteiger partial charge in [-0.1, -0.05) is 13.0 Å². The van der Waals surface area contributed by atoms with Crippen LogP contribution in [0.3, 0.4) is 0 Å². The highest BCUT2D eigenvalue weighted by atomic mass is 16.5. The SMILES string of the molecule is CC[C@H](C)NC(=O)c1ccc(C)c(OC)c1. The summed E-state index contributed by atoms with van der Waals surface area (Å²) in [5, 5.41) is 2.92. The summed E-state index contributed by atoms with van der Waals surface area (Å²) in [5.41, 5.74) is 1.67. The third-order valence-corrected chi connectivity index (χ3v) is 2.66. The molecule has 0 unspecified atom stereocenters. The number of carbonyl (C=O) groups excluding carboxylic acids is 1. The predicted octanol–water partition coefficient (Wildman–Crippen LogP) is 2.53. The Kier molecular flexibility index (Phi) is 4.35. The molecule has 1 N–H and O–H groups in total. The maximum absolute atomic E-state index is 11.8. The lowest BCUT2D eigenvalue weighted by atomic mass is 10.1. The summed E-state index contributed by atoms with van der Waals surface area (Å²) in [6.45, 7) is 5.99. The number of nitrogens with one attached hydrogen (secondary N) is 1. The van der Waals surface area contributed by atoms with E-state index >= 15 is 0 Å². The first kappa shape index (κ1) is 12.6. The van der Waals surface area contributed by atoms with Gasteiger partial charge in [0.05, 0.1) is 7.11 Å². The molecule has 0 saturated carbocycles. The van der Waals surface area contributed by atoms with Crippen LogP contribution in [-0.4, -0.2) is 19.1 Å². The lowest BCUT2D eigenvalue weighted by molar-refractivity contribution is 0.0939. The van der Waals surface area contributed by atoms with Crippen LogP contribution in [-0.2, 0) is 0 Å². The highest BCUT2D eigenvalue weighted by molar-refractivity contribution is 5.94. The molecule has 0 radical (unpaired) electrons. The maximum Gasteiger partial charge on any atom is 0.251 e. The van der Waals surface area contributed by atoms with Crippen LogP contribution in [0.4, 0.5) is 0 Å². The van der Waals surface area contributed by atoms with E-state index in [1.807, 2.05) is 32.9 Å². The predicted molar refractivity (Wildman–Crippen MR) is 65.0 cm³/mol. The molecule has 1 atom stereocenters. The summed E-state index contributed by atoms with van der Waals surface area (Å²) in [6.07, 6.45) is 0.925. The highest BCUT2D eigenvalue weighted by Crippen LogP contribution is 2.18. The van der Waals surface area contributed by atoms with Crippen LogP contribution in [0.5, 0.6) is 5.75 Å². The zero-order valence-corrected chi connectivity index (χ0v) is 10.3. The molecule has 0 aromatic heterocycles. The second-order valence-corrected chi connectivity index (χ2v) is 3.97. The van der Waals surface area contributed by atoms with E-state index in [4.69, 9.17) is 4.74 Å². The summed E-state index contributed by atoms with van der Waals surface area (Å²) in [5.74, 6) is 0.699. The third-order valence-electron chi connectivity index (χ3n) is 2.66. The average molecular weight is 221 g/mol. The first-order valence-electron chi connectivity index (χ1n) is 5.54. The Morgan fingerprint density at radius 2 is 2.19 bits per heavy atom. The molecule has 0 saturated heterocycles. The number of ether oxygens (including phenoxy) is 1. The lowest BCUT2D eigenvalue weighted by Crippen LogP contribution is -2.31. The molecule has 0 aliphatic heterocycles. The van der Waals surface area contributed by atoms with Crippen LogP contribution in [0, 0.1) is 6.92 Å². The van der Waals surface area contributed by atoms with Gasteiger partial charge in [-0.3, -0.25) is 4.79 Å². The van der Waals surface area contributed by atoms with Gasteiger partial charge in [0.15, 0.2) is 0 Å². The Hall–Kier alpha value is -1.51. The largest absolute Gasteiger partial charge is 0.496 e. The van der Waals surface area contributed by atoms with Gasteiger partial charge in [-0.15, -0.1) is 0 Å². The third kappa shape index (κ3) is 2.99. The number of rotatable bonds is 4. The van der Waals surface area contributed by atoms with Crippen molar-refractivity contribution in [3.05, 3.63) is 29.3 Å². The van der Waals surface area contributed by atoms with Gasteiger partial charge in [0.2, 0.25) is 0 Å². The molecule has 0 bridgehead atoms. The number of amides is 1. The van der Waals surface area contributed by atoms with Crippen molar-refractivity contribution in [3.8, 4) is 5.75 Å². The van der Waals surface area contributed by atoms with Crippen LogP contribution >= 0.6 is 0 Å². The molecule has 3 heteroatoms. The standard InChI is InChI=1S/C13H19NO2/c1-5-10(3)14-13(15)11-7-6-9(2)12(8-11)16-4/h6-8,10H,5H2,1-4H3,(H,14,15)/t10-/m0/s1. The van der Waals surface area contributed by atoms with Crippen molar-refractivity contribution in [2.24, 2.45) is 0 Å². The van der Waals surface area contributed by atoms with Gasteiger partial charge in [0, 0.05) is 11.6 Å². The first-order valence-corrected chi connectivity index (χ1v) is 5.54. The molecular formula is C13H19NO2. The van der Waals surface area contributed by atoms with E-state index in [0.717, 1.165) is 17.7 Å². The average Bonchev–Trinajstić information content (AvgIpc) is 2.29. The monoisotopic (exact) mass is 221 g/mol. The summed E-state index contributed by atoms with van der Waals surface area (Å²) in [4.78, 5) is 11.8. The molecule has 1 amide bonds. The number of hydrogen-bond acceptors (Lipinski definition) is 2. The molecule has 0 aliphatic carbocycles. The molecular weight excluding hydrogens is 202 g/mol. The minimum absolute atomic E-state index is 0.0485. The van der Waals surface area contributed by atoms with Crippen LogP contribution in [0.2, 0.25) is 0 Å². The van der Waals surface area contributed by atoms with Gasteiger partial charge in [-0.25, -0.2) is 0 Å². The Bertz CT molecular complexity index is 374. The highest BCUT2D eigenvalue weighted by Gasteiger charge is 2.10. The van der Waals surface area contributed by atoms with Gasteiger partial charge < -0.3 is 10.1 Å². The Balaban J connectivity index is 2.84. The van der Waals surface area contributed by atoms with Gasteiger partial charge in [0.25, 0.3) is 5.91 Å². The lowest BCUT2D eigenvalue weighted by Gasteiger charge is -2.12. The fourth-order valence-electron chi connectivity index (χ4n) is 1.37. The molecule has 0 aliphatic rings. The van der Waals surface area contributed by atoms with E-state index in [-0.39, 0.29) is 11.9 Å². The molecule has 88 valence electrons. The van der Waals surface area contributed by atoms with Crippen molar-refractivity contribution in [2.45, 2.75) is 33.2 Å². The van der Waals surface area contributed by atoms with E-state index in [9.17, 15) is 4.79 Å². The smallest absolute Gasteiger partial charge is 0.251 e. The Morgan fingerprint density at radius 3 is 2.75 bits per heavy atom. The molecule has 3 nitrogen and oxygen atoms in total. The van der Waals surface area contributed by atoms with Crippen molar-refractivity contribution < 1.29 is 9.53 Å². The molecule has 0 spiro atoms. The fraction of sp³-hybridized carbons (Fsp3) is 0.462. The van der Waals surface area contributed by atoms with E-state index < -0.39 is 0 Å². The molecule has 1 aromatic rings.